The number of hydrogen-bond donors (Lipinski definition) is 2. The first-order valence-corrected chi connectivity index (χ1v) is 6.38. The summed E-state index contributed by atoms with van der Waals surface area (Å²) in [5.74, 6) is 0.551. The fraction of sp³-hybridized carbons (Fsp3) is 0.500. The number of nitrogens with two attached hydrogens (primary N) is 1. The van der Waals surface area contributed by atoms with Crippen molar-refractivity contribution in [3.63, 3.8) is 0 Å². The molecule has 0 heterocycles. The molecule has 88 valence electrons. The van der Waals surface area contributed by atoms with Gasteiger partial charge >= 0.3 is 0 Å². The van der Waals surface area contributed by atoms with E-state index in [9.17, 15) is 0 Å². The summed E-state index contributed by atoms with van der Waals surface area (Å²) in [6.45, 7) is 0.732. The van der Waals surface area contributed by atoms with Gasteiger partial charge in [-0.1, -0.05) is 29.6 Å². The average molecular weight is 259 g/mol. The number of rotatable bonds is 3. The number of hydrogen-bond acceptors (Lipinski definition) is 2. The molecule has 0 bridgehead atoms. The Bertz CT molecular complexity index is 368. The van der Waals surface area contributed by atoms with Crippen LogP contribution in [0.25, 0.3) is 0 Å². The van der Waals surface area contributed by atoms with Gasteiger partial charge in [-0.15, -0.1) is 0 Å². The Kier molecular flexibility index (Phi) is 3.95. The Balaban J connectivity index is 2.11. The molecular weight excluding hydrogens is 243 g/mol. The first-order chi connectivity index (χ1) is 7.70. The highest BCUT2D eigenvalue weighted by Crippen LogP contribution is 2.31. The first kappa shape index (κ1) is 12.0. The predicted molar refractivity (Wildman–Crippen MR) is 70.3 cm³/mol. The molecule has 2 unspecified atom stereocenters. The minimum atomic E-state index is 0.431. The summed E-state index contributed by atoms with van der Waals surface area (Å²) in [7, 11) is 0. The zero-order chi connectivity index (χ0) is 11.5. The van der Waals surface area contributed by atoms with E-state index in [1.54, 1.807) is 6.07 Å². The number of anilines is 1. The largest absolute Gasteiger partial charge is 0.381 e. The molecule has 16 heavy (non-hydrogen) atoms. The van der Waals surface area contributed by atoms with Gasteiger partial charge in [0.25, 0.3) is 0 Å². The van der Waals surface area contributed by atoms with Crippen molar-refractivity contribution in [3.8, 4) is 0 Å². The fourth-order valence-corrected chi connectivity index (χ4v) is 2.66. The highest BCUT2D eigenvalue weighted by molar-refractivity contribution is 6.35. The normalized spacial score (nSPS) is 24.7. The van der Waals surface area contributed by atoms with Crippen molar-refractivity contribution >= 4 is 28.9 Å². The highest BCUT2D eigenvalue weighted by atomic mass is 35.5. The van der Waals surface area contributed by atoms with Crippen molar-refractivity contribution in [1.29, 1.82) is 0 Å². The SMILES string of the molecule is NCC1CCCC1Nc1cc(Cl)ccc1Cl. The van der Waals surface area contributed by atoms with E-state index in [1.165, 1.54) is 12.8 Å². The third kappa shape index (κ3) is 2.62. The van der Waals surface area contributed by atoms with Crippen LogP contribution in [0.4, 0.5) is 5.69 Å². The van der Waals surface area contributed by atoms with Crippen LogP contribution in [0.3, 0.4) is 0 Å². The van der Waals surface area contributed by atoms with Crippen LogP contribution in [0.2, 0.25) is 10.0 Å². The molecule has 1 aliphatic carbocycles. The number of benzene rings is 1. The van der Waals surface area contributed by atoms with Gasteiger partial charge in [-0.3, -0.25) is 0 Å². The van der Waals surface area contributed by atoms with Gasteiger partial charge in [0, 0.05) is 11.1 Å². The molecule has 0 saturated heterocycles. The molecule has 2 atom stereocenters. The van der Waals surface area contributed by atoms with Gasteiger partial charge < -0.3 is 11.1 Å². The minimum Gasteiger partial charge on any atom is -0.381 e. The molecule has 4 heteroatoms. The van der Waals surface area contributed by atoms with Gasteiger partial charge in [-0.25, -0.2) is 0 Å². The summed E-state index contributed by atoms with van der Waals surface area (Å²) in [6, 6.07) is 5.92. The smallest absolute Gasteiger partial charge is 0.0638 e. The summed E-state index contributed by atoms with van der Waals surface area (Å²) in [4.78, 5) is 0. The zero-order valence-corrected chi connectivity index (χ0v) is 10.6. The summed E-state index contributed by atoms with van der Waals surface area (Å²) in [6.07, 6.45) is 3.59. The quantitative estimate of drug-likeness (QED) is 0.871. The number of nitrogens with one attached hydrogen (secondary N) is 1. The van der Waals surface area contributed by atoms with E-state index >= 15 is 0 Å². The molecular formula is C12H16Cl2N2. The topological polar surface area (TPSA) is 38.0 Å². The van der Waals surface area contributed by atoms with Crippen molar-refractivity contribution in [2.45, 2.75) is 25.3 Å². The van der Waals surface area contributed by atoms with E-state index in [1.807, 2.05) is 12.1 Å². The lowest BCUT2D eigenvalue weighted by molar-refractivity contribution is 0.516. The minimum absolute atomic E-state index is 0.431. The molecule has 0 radical (unpaired) electrons. The van der Waals surface area contributed by atoms with E-state index in [2.05, 4.69) is 5.32 Å². The van der Waals surface area contributed by atoms with Crippen molar-refractivity contribution in [2.75, 3.05) is 11.9 Å². The summed E-state index contributed by atoms with van der Waals surface area (Å²) in [5.41, 5.74) is 6.66. The second-order valence-electron chi connectivity index (χ2n) is 4.30. The standard InChI is InChI=1S/C12H16Cl2N2/c13-9-4-5-10(14)12(6-9)16-11-3-1-2-8(11)7-15/h4-6,8,11,16H,1-3,7,15H2. The lowest BCUT2D eigenvalue weighted by Gasteiger charge is -2.21. The third-order valence-corrected chi connectivity index (χ3v) is 3.80. The molecule has 2 nitrogen and oxygen atoms in total. The van der Waals surface area contributed by atoms with E-state index < -0.39 is 0 Å². The zero-order valence-electron chi connectivity index (χ0n) is 9.05. The maximum Gasteiger partial charge on any atom is 0.0638 e. The van der Waals surface area contributed by atoms with Crippen LogP contribution in [0.5, 0.6) is 0 Å². The van der Waals surface area contributed by atoms with Crippen LogP contribution in [-0.4, -0.2) is 12.6 Å². The van der Waals surface area contributed by atoms with Gasteiger partial charge in [0.2, 0.25) is 0 Å². The average Bonchev–Trinajstić information content (AvgIpc) is 2.71. The lowest BCUT2D eigenvalue weighted by Crippen LogP contribution is -2.29. The molecule has 1 aromatic rings. The molecule has 0 aliphatic heterocycles. The van der Waals surface area contributed by atoms with Gasteiger partial charge in [0.1, 0.15) is 0 Å². The van der Waals surface area contributed by atoms with Gasteiger partial charge in [0.05, 0.1) is 10.7 Å². The van der Waals surface area contributed by atoms with Crippen molar-refractivity contribution in [1.82, 2.24) is 0 Å². The summed E-state index contributed by atoms with van der Waals surface area (Å²) >= 11 is 12.1. The molecule has 3 N–H and O–H groups in total. The van der Waals surface area contributed by atoms with Gasteiger partial charge in [-0.05, 0) is 43.5 Å². The molecule has 1 aliphatic rings. The second-order valence-corrected chi connectivity index (χ2v) is 5.15. The van der Waals surface area contributed by atoms with Crippen LogP contribution in [-0.2, 0) is 0 Å². The molecule has 1 aromatic carbocycles. The maximum atomic E-state index is 6.11. The van der Waals surface area contributed by atoms with Crippen LogP contribution in [0.1, 0.15) is 19.3 Å². The Labute approximate surface area is 106 Å². The van der Waals surface area contributed by atoms with Crippen LogP contribution in [0, 0.1) is 5.92 Å². The Morgan fingerprint density at radius 1 is 1.31 bits per heavy atom. The lowest BCUT2D eigenvalue weighted by atomic mass is 10.0. The fourth-order valence-electron chi connectivity index (χ4n) is 2.32. The molecule has 1 fully saturated rings. The van der Waals surface area contributed by atoms with E-state index in [0.29, 0.717) is 22.0 Å². The Morgan fingerprint density at radius 2 is 2.12 bits per heavy atom. The van der Waals surface area contributed by atoms with Crippen LogP contribution < -0.4 is 11.1 Å². The van der Waals surface area contributed by atoms with E-state index in [0.717, 1.165) is 18.7 Å². The third-order valence-electron chi connectivity index (χ3n) is 3.23. The highest BCUT2D eigenvalue weighted by Gasteiger charge is 2.26. The van der Waals surface area contributed by atoms with Crippen molar-refractivity contribution in [3.05, 3.63) is 28.2 Å². The number of halogens is 2. The molecule has 0 aromatic heterocycles. The monoisotopic (exact) mass is 258 g/mol. The Morgan fingerprint density at radius 3 is 2.88 bits per heavy atom. The Hall–Kier alpha value is -0.440. The maximum absolute atomic E-state index is 6.11. The molecule has 2 rings (SSSR count). The second kappa shape index (κ2) is 5.26. The summed E-state index contributed by atoms with van der Waals surface area (Å²) in [5, 5.41) is 4.87. The molecule has 0 amide bonds. The van der Waals surface area contributed by atoms with Crippen molar-refractivity contribution in [2.24, 2.45) is 11.7 Å². The summed E-state index contributed by atoms with van der Waals surface area (Å²) < 4.78 is 0. The predicted octanol–water partition coefficient (Wildman–Crippen LogP) is 3.53. The van der Waals surface area contributed by atoms with Crippen molar-refractivity contribution < 1.29 is 0 Å². The van der Waals surface area contributed by atoms with E-state index in [4.69, 9.17) is 28.9 Å². The first-order valence-electron chi connectivity index (χ1n) is 5.62. The molecule has 0 spiro atoms. The van der Waals surface area contributed by atoms with Crippen LogP contribution in [0.15, 0.2) is 18.2 Å². The molecule has 1 saturated carbocycles. The van der Waals surface area contributed by atoms with E-state index in [-0.39, 0.29) is 0 Å². The van der Waals surface area contributed by atoms with Gasteiger partial charge in [0.15, 0.2) is 0 Å². The van der Waals surface area contributed by atoms with Crippen LogP contribution >= 0.6 is 23.2 Å². The van der Waals surface area contributed by atoms with Gasteiger partial charge in [-0.2, -0.15) is 0 Å².